The third-order valence-electron chi connectivity index (χ3n) is 4.54. The standard InChI is InChI=1S/C24H21N3O2/c1-17(18-13-15-21(28-2)16-14-18)26-27-24-25-22(19-9-5-3-6-10-19)23(29-24)20-11-7-4-8-12-20/h3-16H,1-2H3,(H,25,27)/b26-17+. The van der Waals surface area contributed by atoms with Crippen LogP contribution in [-0.2, 0) is 0 Å². The van der Waals surface area contributed by atoms with E-state index in [0.29, 0.717) is 11.8 Å². The van der Waals surface area contributed by atoms with Crippen molar-refractivity contribution in [1.29, 1.82) is 0 Å². The predicted octanol–water partition coefficient (Wildman–Crippen LogP) is 5.85. The van der Waals surface area contributed by atoms with Crippen molar-refractivity contribution in [2.24, 2.45) is 5.10 Å². The molecule has 1 aromatic heterocycles. The number of benzene rings is 3. The zero-order chi connectivity index (χ0) is 20.1. The van der Waals surface area contributed by atoms with Crippen molar-refractivity contribution in [3.05, 3.63) is 90.5 Å². The fraction of sp³-hybridized carbons (Fsp3) is 0.0833. The van der Waals surface area contributed by atoms with Gasteiger partial charge in [0.1, 0.15) is 11.4 Å². The van der Waals surface area contributed by atoms with Gasteiger partial charge in [0.2, 0.25) is 0 Å². The summed E-state index contributed by atoms with van der Waals surface area (Å²) in [5.74, 6) is 1.51. The smallest absolute Gasteiger partial charge is 0.316 e. The van der Waals surface area contributed by atoms with E-state index in [9.17, 15) is 0 Å². The second-order valence-electron chi connectivity index (χ2n) is 6.47. The zero-order valence-electron chi connectivity index (χ0n) is 16.3. The van der Waals surface area contributed by atoms with Gasteiger partial charge < -0.3 is 9.15 Å². The Balaban J connectivity index is 1.65. The van der Waals surface area contributed by atoms with Gasteiger partial charge in [0, 0.05) is 11.1 Å². The molecule has 5 heteroatoms. The summed E-state index contributed by atoms with van der Waals surface area (Å²) in [6.45, 7) is 1.92. The fourth-order valence-electron chi connectivity index (χ4n) is 2.97. The lowest BCUT2D eigenvalue weighted by Crippen LogP contribution is -2.00. The average Bonchev–Trinajstić information content (AvgIpc) is 3.23. The van der Waals surface area contributed by atoms with E-state index >= 15 is 0 Å². The van der Waals surface area contributed by atoms with E-state index in [1.165, 1.54) is 0 Å². The van der Waals surface area contributed by atoms with Gasteiger partial charge in [0.05, 0.1) is 12.8 Å². The molecule has 0 unspecified atom stereocenters. The van der Waals surface area contributed by atoms with Crippen LogP contribution in [0.25, 0.3) is 22.6 Å². The van der Waals surface area contributed by atoms with E-state index in [0.717, 1.165) is 33.8 Å². The first-order valence-corrected chi connectivity index (χ1v) is 9.31. The molecule has 144 valence electrons. The van der Waals surface area contributed by atoms with Gasteiger partial charge in [-0.15, -0.1) is 0 Å². The van der Waals surface area contributed by atoms with E-state index in [4.69, 9.17) is 9.15 Å². The molecule has 0 spiro atoms. The maximum Gasteiger partial charge on any atom is 0.316 e. The summed E-state index contributed by atoms with van der Waals surface area (Å²) in [6, 6.07) is 28.0. The minimum Gasteiger partial charge on any atom is -0.497 e. The van der Waals surface area contributed by atoms with Gasteiger partial charge in [-0.2, -0.15) is 10.1 Å². The second-order valence-corrected chi connectivity index (χ2v) is 6.47. The topological polar surface area (TPSA) is 59.6 Å². The summed E-state index contributed by atoms with van der Waals surface area (Å²) in [5, 5.41) is 4.43. The van der Waals surface area contributed by atoms with Gasteiger partial charge in [-0.25, -0.2) is 5.43 Å². The molecule has 0 fully saturated rings. The molecule has 0 bridgehead atoms. The lowest BCUT2D eigenvalue weighted by atomic mass is 10.1. The number of nitrogens with one attached hydrogen (secondary N) is 1. The number of oxazole rings is 1. The molecule has 4 rings (SSSR count). The molecule has 3 aromatic carbocycles. The Morgan fingerprint density at radius 2 is 1.48 bits per heavy atom. The van der Waals surface area contributed by atoms with Crippen LogP contribution in [0.1, 0.15) is 12.5 Å². The third kappa shape index (κ3) is 4.19. The van der Waals surface area contributed by atoms with Gasteiger partial charge in [-0.1, -0.05) is 60.7 Å². The molecule has 29 heavy (non-hydrogen) atoms. The normalized spacial score (nSPS) is 11.3. The molecule has 1 heterocycles. The molecule has 5 nitrogen and oxygen atoms in total. The lowest BCUT2D eigenvalue weighted by molar-refractivity contribution is 0.415. The molecule has 1 N–H and O–H groups in total. The summed E-state index contributed by atoms with van der Waals surface area (Å²) in [5.41, 5.74) is 7.47. The summed E-state index contributed by atoms with van der Waals surface area (Å²) in [7, 11) is 1.65. The van der Waals surface area contributed by atoms with Gasteiger partial charge in [0.15, 0.2) is 5.76 Å². The first-order valence-electron chi connectivity index (χ1n) is 9.31. The Bertz CT molecular complexity index is 1050. The van der Waals surface area contributed by atoms with Crippen LogP contribution in [0.4, 0.5) is 6.01 Å². The first kappa shape index (κ1) is 18.5. The van der Waals surface area contributed by atoms with Gasteiger partial charge in [-0.3, -0.25) is 0 Å². The summed E-state index contributed by atoms with van der Waals surface area (Å²) in [4.78, 5) is 4.64. The molecule has 0 atom stereocenters. The molecule has 0 amide bonds. The monoisotopic (exact) mass is 383 g/mol. The Kier molecular flexibility index (Phi) is 5.38. The minimum absolute atomic E-state index is 0.343. The summed E-state index contributed by atoms with van der Waals surface area (Å²) in [6.07, 6.45) is 0. The Morgan fingerprint density at radius 1 is 0.862 bits per heavy atom. The van der Waals surface area contributed by atoms with Gasteiger partial charge in [0.25, 0.3) is 0 Å². The van der Waals surface area contributed by atoms with Crippen LogP contribution >= 0.6 is 0 Å². The quantitative estimate of drug-likeness (QED) is 0.335. The molecule has 0 aliphatic heterocycles. The van der Waals surface area contributed by atoms with Crippen molar-refractivity contribution in [3.8, 4) is 28.3 Å². The molecule has 0 saturated heterocycles. The Labute approximate surface area is 169 Å². The Morgan fingerprint density at radius 3 is 2.10 bits per heavy atom. The number of anilines is 1. The Hall–Kier alpha value is -3.86. The number of methoxy groups -OCH3 is 1. The van der Waals surface area contributed by atoms with Crippen LogP contribution in [0.2, 0.25) is 0 Å². The first-order chi connectivity index (χ1) is 14.2. The van der Waals surface area contributed by atoms with Crippen LogP contribution in [0.5, 0.6) is 5.75 Å². The number of nitrogens with zero attached hydrogens (tertiary/aromatic N) is 2. The molecule has 0 aliphatic rings. The van der Waals surface area contributed by atoms with E-state index in [-0.39, 0.29) is 0 Å². The highest BCUT2D eigenvalue weighted by atomic mass is 16.5. The third-order valence-corrected chi connectivity index (χ3v) is 4.54. The molecule has 0 aliphatic carbocycles. The SMILES string of the molecule is COc1ccc(/C(C)=N/Nc2nc(-c3ccccc3)c(-c3ccccc3)o2)cc1. The molecular weight excluding hydrogens is 362 g/mol. The number of hydrogen-bond acceptors (Lipinski definition) is 5. The zero-order valence-corrected chi connectivity index (χ0v) is 16.3. The molecule has 0 radical (unpaired) electrons. The second kappa shape index (κ2) is 8.44. The van der Waals surface area contributed by atoms with Crippen LogP contribution in [0.15, 0.2) is 94.4 Å². The van der Waals surface area contributed by atoms with E-state index in [1.54, 1.807) is 7.11 Å². The predicted molar refractivity (Wildman–Crippen MR) is 116 cm³/mol. The van der Waals surface area contributed by atoms with E-state index in [1.807, 2.05) is 91.9 Å². The number of hydrazone groups is 1. The van der Waals surface area contributed by atoms with Crippen molar-refractivity contribution in [1.82, 2.24) is 4.98 Å². The number of rotatable bonds is 6. The van der Waals surface area contributed by atoms with Gasteiger partial charge in [-0.05, 0) is 36.8 Å². The maximum atomic E-state index is 6.03. The van der Waals surface area contributed by atoms with Crippen molar-refractivity contribution in [2.75, 3.05) is 12.5 Å². The lowest BCUT2D eigenvalue weighted by Gasteiger charge is -2.03. The highest BCUT2D eigenvalue weighted by molar-refractivity contribution is 5.99. The van der Waals surface area contributed by atoms with Crippen LogP contribution in [-0.4, -0.2) is 17.8 Å². The van der Waals surface area contributed by atoms with Gasteiger partial charge >= 0.3 is 6.01 Å². The highest BCUT2D eigenvalue weighted by Crippen LogP contribution is 2.34. The van der Waals surface area contributed by atoms with Crippen molar-refractivity contribution in [2.45, 2.75) is 6.92 Å². The van der Waals surface area contributed by atoms with Crippen molar-refractivity contribution >= 4 is 11.7 Å². The fourth-order valence-corrected chi connectivity index (χ4v) is 2.97. The largest absolute Gasteiger partial charge is 0.497 e. The highest BCUT2D eigenvalue weighted by Gasteiger charge is 2.16. The summed E-state index contributed by atoms with van der Waals surface area (Å²) < 4.78 is 11.2. The number of ether oxygens (including phenoxy) is 1. The van der Waals surface area contributed by atoms with Crippen LogP contribution in [0, 0.1) is 0 Å². The number of hydrogen-bond donors (Lipinski definition) is 1. The van der Waals surface area contributed by atoms with E-state index in [2.05, 4.69) is 15.5 Å². The minimum atomic E-state index is 0.343. The van der Waals surface area contributed by atoms with E-state index < -0.39 is 0 Å². The van der Waals surface area contributed by atoms with Crippen LogP contribution < -0.4 is 10.2 Å². The molecule has 4 aromatic rings. The van der Waals surface area contributed by atoms with Crippen molar-refractivity contribution in [3.63, 3.8) is 0 Å². The average molecular weight is 383 g/mol. The maximum absolute atomic E-state index is 6.03. The van der Waals surface area contributed by atoms with Crippen LogP contribution in [0.3, 0.4) is 0 Å². The van der Waals surface area contributed by atoms with Crippen molar-refractivity contribution < 1.29 is 9.15 Å². The molecule has 0 saturated carbocycles. The number of aromatic nitrogens is 1. The molecular formula is C24H21N3O2. The summed E-state index contributed by atoms with van der Waals surface area (Å²) >= 11 is 0.